The second kappa shape index (κ2) is 5.45. The topological polar surface area (TPSA) is 32.3 Å². The summed E-state index contributed by atoms with van der Waals surface area (Å²) in [5, 5.41) is 13.5. The highest BCUT2D eigenvalue weighted by atomic mass is 79.9. The zero-order chi connectivity index (χ0) is 14.1. The highest BCUT2D eigenvalue weighted by molar-refractivity contribution is 9.10. The summed E-state index contributed by atoms with van der Waals surface area (Å²) in [5.41, 5.74) is 1.28. The Morgan fingerprint density at radius 1 is 1.37 bits per heavy atom. The first-order valence-corrected chi connectivity index (χ1v) is 7.81. The molecule has 19 heavy (non-hydrogen) atoms. The number of hydrogen-bond acceptors (Lipinski definition) is 2. The van der Waals surface area contributed by atoms with Crippen LogP contribution in [0.15, 0.2) is 28.7 Å². The van der Waals surface area contributed by atoms with Crippen LogP contribution in [-0.2, 0) is 0 Å². The Balaban J connectivity index is 2.19. The lowest BCUT2D eigenvalue weighted by Crippen LogP contribution is -2.52. The maximum atomic E-state index is 9.94. The zero-order valence-corrected chi connectivity index (χ0v) is 13.6. The van der Waals surface area contributed by atoms with Crippen molar-refractivity contribution in [2.24, 2.45) is 11.3 Å². The fourth-order valence-electron chi connectivity index (χ4n) is 3.25. The molecular weight excluding hydrogens is 302 g/mol. The highest BCUT2D eigenvalue weighted by Crippen LogP contribution is 2.45. The SMILES string of the molecule is CC1CC(C)(C)CCC1(CO)Nc1cccc(Br)c1. The lowest BCUT2D eigenvalue weighted by atomic mass is 9.64. The van der Waals surface area contributed by atoms with Gasteiger partial charge < -0.3 is 10.4 Å². The molecule has 0 aliphatic heterocycles. The van der Waals surface area contributed by atoms with Gasteiger partial charge in [-0.15, -0.1) is 0 Å². The van der Waals surface area contributed by atoms with Crippen LogP contribution in [0.4, 0.5) is 5.69 Å². The number of halogens is 1. The van der Waals surface area contributed by atoms with Gasteiger partial charge in [0.15, 0.2) is 0 Å². The maximum absolute atomic E-state index is 9.94. The summed E-state index contributed by atoms with van der Waals surface area (Å²) in [7, 11) is 0. The molecule has 3 heteroatoms. The fraction of sp³-hybridized carbons (Fsp3) is 0.625. The molecule has 0 saturated heterocycles. The number of hydrogen-bond donors (Lipinski definition) is 2. The van der Waals surface area contributed by atoms with E-state index in [-0.39, 0.29) is 12.1 Å². The second-order valence-corrected chi connectivity index (χ2v) is 7.63. The molecule has 2 N–H and O–H groups in total. The summed E-state index contributed by atoms with van der Waals surface area (Å²) in [4.78, 5) is 0. The Kier molecular flexibility index (Phi) is 4.26. The Morgan fingerprint density at radius 3 is 2.68 bits per heavy atom. The van der Waals surface area contributed by atoms with Crippen molar-refractivity contribution in [3.8, 4) is 0 Å². The van der Waals surface area contributed by atoms with Crippen LogP contribution >= 0.6 is 15.9 Å². The molecule has 0 radical (unpaired) electrons. The van der Waals surface area contributed by atoms with E-state index in [1.807, 2.05) is 12.1 Å². The number of rotatable bonds is 3. The van der Waals surface area contributed by atoms with Gasteiger partial charge in [0.25, 0.3) is 0 Å². The van der Waals surface area contributed by atoms with Gasteiger partial charge >= 0.3 is 0 Å². The van der Waals surface area contributed by atoms with E-state index in [9.17, 15) is 5.11 Å². The summed E-state index contributed by atoms with van der Waals surface area (Å²) < 4.78 is 1.06. The predicted octanol–water partition coefficient (Wildman–Crippen LogP) is 4.44. The van der Waals surface area contributed by atoms with Gasteiger partial charge in [-0.2, -0.15) is 0 Å². The summed E-state index contributed by atoms with van der Waals surface area (Å²) in [5.74, 6) is 0.459. The van der Waals surface area contributed by atoms with Crippen molar-refractivity contribution in [3.05, 3.63) is 28.7 Å². The molecular formula is C16H24BrNO. The van der Waals surface area contributed by atoms with Crippen molar-refractivity contribution in [3.63, 3.8) is 0 Å². The molecule has 1 aliphatic carbocycles. The molecule has 2 rings (SSSR count). The van der Waals surface area contributed by atoms with Crippen LogP contribution in [-0.4, -0.2) is 17.3 Å². The molecule has 106 valence electrons. The van der Waals surface area contributed by atoms with Crippen LogP contribution in [0.1, 0.15) is 40.0 Å². The fourth-order valence-corrected chi connectivity index (χ4v) is 3.65. The van der Waals surface area contributed by atoms with Gasteiger partial charge in [0.1, 0.15) is 0 Å². The van der Waals surface area contributed by atoms with Crippen LogP contribution in [0.2, 0.25) is 0 Å². The number of nitrogens with one attached hydrogen (secondary N) is 1. The Bertz CT molecular complexity index is 446. The normalized spacial score (nSPS) is 30.1. The summed E-state index contributed by atoms with van der Waals surface area (Å²) >= 11 is 3.50. The monoisotopic (exact) mass is 325 g/mol. The van der Waals surface area contributed by atoms with Crippen LogP contribution in [0.3, 0.4) is 0 Å². The minimum Gasteiger partial charge on any atom is -0.394 e. The van der Waals surface area contributed by atoms with E-state index in [0.29, 0.717) is 11.3 Å². The summed E-state index contributed by atoms with van der Waals surface area (Å²) in [6.45, 7) is 7.09. The Hall–Kier alpha value is -0.540. The molecule has 0 aromatic heterocycles. The van der Waals surface area contributed by atoms with Gasteiger partial charge in [-0.05, 0) is 48.8 Å². The van der Waals surface area contributed by atoms with Gasteiger partial charge in [0.05, 0.1) is 12.1 Å². The predicted molar refractivity (Wildman–Crippen MR) is 84.4 cm³/mol. The third-order valence-electron chi connectivity index (χ3n) is 4.55. The molecule has 1 saturated carbocycles. The summed E-state index contributed by atoms with van der Waals surface area (Å²) in [6.07, 6.45) is 3.32. The number of aliphatic hydroxyl groups excluding tert-OH is 1. The lowest BCUT2D eigenvalue weighted by Gasteiger charge is -2.48. The van der Waals surface area contributed by atoms with Gasteiger partial charge in [-0.1, -0.05) is 42.8 Å². The molecule has 0 spiro atoms. The quantitative estimate of drug-likeness (QED) is 0.861. The summed E-state index contributed by atoms with van der Waals surface area (Å²) in [6, 6.07) is 8.18. The second-order valence-electron chi connectivity index (χ2n) is 6.72. The van der Waals surface area contributed by atoms with Crippen molar-refractivity contribution in [2.75, 3.05) is 11.9 Å². The van der Waals surface area contributed by atoms with Crippen molar-refractivity contribution in [1.82, 2.24) is 0 Å². The van der Waals surface area contributed by atoms with E-state index in [2.05, 4.69) is 54.2 Å². The van der Waals surface area contributed by atoms with Gasteiger partial charge in [-0.25, -0.2) is 0 Å². The third kappa shape index (κ3) is 3.32. The number of aliphatic hydroxyl groups is 1. The Morgan fingerprint density at radius 2 is 2.11 bits per heavy atom. The Labute approximate surface area is 124 Å². The van der Waals surface area contributed by atoms with Crippen molar-refractivity contribution < 1.29 is 5.11 Å². The first-order chi connectivity index (χ1) is 8.87. The standard InChI is InChI=1S/C16H24BrNO/c1-12-10-15(2,3)7-8-16(12,11-19)18-14-6-4-5-13(17)9-14/h4-6,9,12,18-19H,7-8,10-11H2,1-3H3. The largest absolute Gasteiger partial charge is 0.394 e. The molecule has 0 bridgehead atoms. The van der Waals surface area contributed by atoms with Gasteiger partial charge in [0, 0.05) is 10.2 Å². The van der Waals surface area contributed by atoms with Crippen molar-refractivity contribution in [1.29, 1.82) is 0 Å². The highest BCUT2D eigenvalue weighted by Gasteiger charge is 2.43. The van der Waals surface area contributed by atoms with Crippen LogP contribution in [0.5, 0.6) is 0 Å². The molecule has 2 unspecified atom stereocenters. The average molecular weight is 326 g/mol. The van der Waals surface area contributed by atoms with Crippen LogP contribution in [0.25, 0.3) is 0 Å². The molecule has 0 heterocycles. The van der Waals surface area contributed by atoms with E-state index in [0.717, 1.165) is 29.4 Å². The zero-order valence-electron chi connectivity index (χ0n) is 12.0. The number of anilines is 1. The minimum absolute atomic E-state index is 0.184. The first-order valence-electron chi connectivity index (χ1n) is 7.02. The van der Waals surface area contributed by atoms with E-state index in [4.69, 9.17) is 0 Å². The van der Waals surface area contributed by atoms with Gasteiger partial charge in [0.2, 0.25) is 0 Å². The van der Waals surface area contributed by atoms with Crippen LogP contribution < -0.4 is 5.32 Å². The van der Waals surface area contributed by atoms with Crippen molar-refractivity contribution in [2.45, 2.75) is 45.6 Å². The third-order valence-corrected chi connectivity index (χ3v) is 5.04. The van der Waals surface area contributed by atoms with Crippen LogP contribution in [0, 0.1) is 11.3 Å². The molecule has 1 aromatic rings. The van der Waals surface area contributed by atoms with E-state index < -0.39 is 0 Å². The smallest absolute Gasteiger partial charge is 0.0664 e. The molecule has 1 fully saturated rings. The molecule has 0 amide bonds. The maximum Gasteiger partial charge on any atom is 0.0664 e. The van der Waals surface area contributed by atoms with E-state index in [1.165, 1.54) is 0 Å². The average Bonchev–Trinajstić information content (AvgIpc) is 2.33. The van der Waals surface area contributed by atoms with Gasteiger partial charge in [-0.3, -0.25) is 0 Å². The molecule has 1 aliphatic rings. The molecule has 2 nitrogen and oxygen atoms in total. The first kappa shape index (κ1) is 14.9. The minimum atomic E-state index is -0.184. The van der Waals surface area contributed by atoms with Crippen molar-refractivity contribution >= 4 is 21.6 Å². The lowest BCUT2D eigenvalue weighted by molar-refractivity contribution is 0.0685. The van der Waals surface area contributed by atoms with E-state index in [1.54, 1.807) is 0 Å². The number of benzene rings is 1. The van der Waals surface area contributed by atoms with E-state index >= 15 is 0 Å². The molecule has 1 aromatic carbocycles. The molecule has 2 atom stereocenters.